The van der Waals surface area contributed by atoms with E-state index in [1.54, 1.807) is 0 Å². The lowest BCUT2D eigenvalue weighted by molar-refractivity contribution is 0.143. The second-order valence-electron chi connectivity index (χ2n) is 6.55. The number of nitrogens with zero attached hydrogens (tertiary/aromatic N) is 2. The van der Waals surface area contributed by atoms with Crippen LogP contribution >= 0.6 is 0 Å². The number of hydrogen-bond acceptors (Lipinski definition) is 2. The van der Waals surface area contributed by atoms with Gasteiger partial charge in [-0.05, 0) is 37.1 Å². The Kier molecular flexibility index (Phi) is 5.16. The first-order valence-electron chi connectivity index (χ1n) is 8.51. The van der Waals surface area contributed by atoms with Gasteiger partial charge >= 0.3 is 6.03 Å². The van der Waals surface area contributed by atoms with Crippen LogP contribution in [0, 0.1) is 13.8 Å². The van der Waals surface area contributed by atoms with Crippen LogP contribution in [0.4, 0.5) is 10.5 Å². The van der Waals surface area contributed by atoms with Crippen molar-refractivity contribution in [3.05, 3.63) is 65.2 Å². The molecule has 4 nitrogen and oxygen atoms in total. The van der Waals surface area contributed by atoms with Crippen LogP contribution in [0.15, 0.2) is 48.5 Å². The first-order chi connectivity index (χ1) is 11.6. The average Bonchev–Trinajstić information content (AvgIpc) is 2.55. The molecule has 0 spiro atoms. The van der Waals surface area contributed by atoms with Crippen LogP contribution in [0.3, 0.4) is 0 Å². The second-order valence-corrected chi connectivity index (χ2v) is 6.55. The van der Waals surface area contributed by atoms with Gasteiger partial charge in [-0.1, -0.05) is 42.0 Å². The zero-order chi connectivity index (χ0) is 16.9. The molecule has 0 radical (unpaired) electrons. The number of aryl methyl sites for hydroxylation is 2. The maximum Gasteiger partial charge on any atom is 0.321 e. The van der Waals surface area contributed by atoms with E-state index in [9.17, 15) is 4.79 Å². The van der Waals surface area contributed by atoms with Gasteiger partial charge in [0.15, 0.2) is 0 Å². The number of amides is 2. The number of hydrogen-bond donors (Lipinski definition) is 1. The molecule has 1 heterocycles. The van der Waals surface area contributed by atoms with Crippen LogP contribution < -0.4 is 5.32 Å². The average molecular weight is 323 g/mol. The van der Waals surface area contributed by atoms with Gasteiger partial charge in [-0.2, -0.15) is 0 Å². The number of carbonyl (C=O) groups excluding carboxylic acids is 1. The van der Waals surface area contributed by atoms with Gasteiger partial charge in [0.05, 0.1) is 0 Å². The summed E-state index contributed by atoms with van der Waals surface area (Å²) >= 11 is 0. The quantitative estimate of drug-likeness (QED) is 0.936. The van der Waals surface area contributed by atoms with Gasteiger partial charge < -0.3 is 10.2 Å². The lowest BCUT2D eigenvalue weighted by Crippen LogP contribution is -2.49. The first-order valence-corrected chi connectivity index (χ1v) is 8.51. The summed E-state index contributed by atoms with van der Waals surface area (Å²) < 4.78 is 0. The van der Waals surface area contributed by atoms with Crippen molar-refractivity contribution in [2.75, 3.05) is 31.5 Å². The van der Waals surface area contributed by atoms with E-state index in [2.05, 4.69) is 41.4 Å². The van der Waals surface area contributed by atoms with Gasteiger partial charge in [-0.15, -0.1) is 0 Å². The van der Waals surface area contributed by atoms with Crippen molar-refractivity contribution in [3.8, 4) is 0 Å². The van der Waals surface area contributed by atoms with Gasteiger partial charge in [0.1, 0.15) is 0 Å². The highest BCUT2D eigenvalue weighted by molar-refractivity contribution is 5.89. The summed E-state index contributed by atoms with van der Waals surface area (Å²) in [6.45, 7) is 8.46. The van der Waals surface area contributed by atoms with Gasteiger partial charge in [0, 0.05) is 38.4 Å². The second kappa shape index (κ2) is 7.49. The Balaban J connectivity index is 1.50. The Morgan fingerprint density at radius 2 is 1.62 bits per heavy atom. The van der Waals surface area contributed by atoms with E-state index in [0.29, 0.717) is 0 Å². The minimum absolute atomic E-state index is 0.00388. The molecular formula is C20H25N3O. The molecule has 1 aliphatic rings. The van der Waals surface area contributed by atoms with Crippen LogP contribution in [0.2, 0.25) is 0 Å². The van der Waals surface area contributed by atoms with E-state index in [0.717, 1.165) is 44.0 Å². The van der Waals surface area contributed by atoms with Crippen molar-refractivity contribution in [2.45, 2.75) is 20.4 Å². The van der Waals surface area contributed by atoms with Gasteiger partial charge in [-0.3, -0.25) is 4.90 Å². The molecule has 4 heteroatoms. The number of anilines is 1. The molecule has 2 amide bonds. The molecule has 0 aliphatic carbocycles. The highest BCUT2D eigenvalue weighted by Gasteiger charge is 2.21. The summed E-state index contributed by atoms with van der Waals surface area (Å²) in [5.74, 6) is 0. The normalized spacial score (nSPS) is 15.3. The van der Waals surface area contributed by atoms with Gasteiger partial charge in [0.2, 0.25) is 0 Å². The lowest BCUT2D eigenvalue weighted by atomic mass is 10.1. The van der Waals surface area contributed by atoms with E-state index in [4.69, 9.17) is 0 Å². The fourth-order valence-electron chi connectivity index (χ4n) is 3.10. The summed E-state index contributed by atoms with van der Waals surface area (Å²) in [4.78, 5) is 16.7. The number of urea groups is 1. The number of rotatable bonds is 3. The molecule has 2 aromatic rings. The minimum Gasteiger partial charge on any atom is -0.322 e. The van der Waals surface area contributed by atoms with Crippen LogP contribution in [0.25, 0.3) is 0 Å². The molecular weight excluding hydrogens is 298 g/mol. The van der Waals surface area contributed by atoms with Crippen LogP contribution in [0.1, 0.15) is 16.7 Å². The smallest absolute Gasteiger partial charge is 0.321 e. The molecule has 0 unspecified atom stereocenters. The Bertz CT molecular complexity index is 706. The van der Waals surface area contributed by atoms with Crippen molar-refractivity contribution in [3.63, 3.8) is 0 Å². The Labute approximate surface area is 144 Å². The van der Waals surface area contributed by atoms with Crippen LogP contribution in [0.5, 0.6) is 0 Å². The summed E-state index contributed by atoms with van der Waals surface area (Å²) in [6, 6.07) is 16.5. The van der Waals surface area contributed by atoms with E-state index in [-0.39, 0.29) is 6.03 Å². The van der Waals surface area contributed by atoms with Crippen molar-refractivity contribution in [2.24, 2.45) is 0 Å². The van der Waals surface area contributed by atoms with Crippen LogP contribution in [-0.2, 0) is 6.54 Å². The number of nitrogens with one attached hydrogen (secondary N) is 1. The summed E-state index contributed by atoms with van der Waals surface area (Å²) in [7, 11) is 0. The van der Waals surface area contributed by atoms with Gasteiger partial charge in [0.25, 0.3) is 0 Å². The molecule has 24 heavy (non-hydrogen) atoms. The highest BCUT2D eigenvalue weighted by Crippen LogP contribution is 2.13. The molecule has 1 N–H and O–H groups in total. The third kappa shape index (κ3) is 4.36. The van der Waals surface area contributed by atoms with Crippen LogP contribution in [-0.4, -0.2) is 42.0 Å². The van der Waals surface area contributed by atoms with Crippen molar-refractivity contribution < 1.29 is 4.79 Å². The fraction of sp³-hybridized carbons (Fsp3) is 0.350. The fourth-order valence-corrected chi connectivity index (χ4v) is 3.10. The number of carbonyl (C=O) groups is 1. The molecule has 126 valence electrons. The van der Waals surface area contributed by atoms with E-state index in [1.807, 2.05) is 36.1 Å². The first kappa shape index (κ1) is 16.5. The molecule has 0 atom stereocenters. The predicted octanol–water partition coefficient (Wildman–Crippen LogP) is 3.65. The SMILES string of the molecule is Cc1cccc(CN2CCN(C(=O)Nc3cccc(C)c3)CC2)c1. The Hall–Kier alpha value is -2.33. The zero-order valence-corrected chi connectivity index (χ0v) is 14.5. The largest absolute Gasteiger partial charge is 0.322 e. The van der Waals surface area contributed by atoms with Crippen molar-refractivity contribution in [1.29, 1.82) is 0 Å². The molecule has 2 aromatic carbocycles. The molecule has 1 saturated heterocycles. The molecule has 0 bridgehead atoms. The van der Waals surface area contributed by atoms with Crippen molar-refractivity contribution in [1.82, 2.24) is 9.80 Å². The van der Waals surface area contributed by atoms with E-state index < -0.39 is 0 Å². The maximum absolute atomic E-state index is 12.4. The number of benzene rings is 2. The number of piperazine rings is 1. The van der Waals surface area contributed by atoms with E-state index in [1.165, 1.54) is 11.1 Å². The highest BCUT2D eigenvalue weighted by atomic mass is 16.2. The topological polar surface area (TPSA) is 35.6 Å². The molecule has 0 saturated carbocycles. The van der Waals surface area contributed by atoms with Gasteiger partial charge in [-0.25, -0.2) is 4.79 Å². The van der Waals surface area contributed by atoms with E-state index >= 15 is 0 Å². The van der Waals surface area contributed by atoms with Crippen molar-refractivity contribution >= 4 is 11.7 Å². The summed E-state index contributed by atoms with van der Waals surface area (Å²) in [6.07, 6.45) is 0. The summed E-state index contributed by atoms with van der Waals surface area (Å²) in [5.41, 5.74) is 4.65. The monoisotopic (exact) mass is 323 g/mol. The molecule has 3 rings (SSSR count). The Morgan fingerprint density at radius 3 is 2.29 bits per heavy atom. The third-order valence-electron chi connectivity index (χ3n) is 4.42. The lowest BCUT2D eigenvalue weighted by Gasteiger charge is -2.34. The third-order valence-corrected chi connectivity index (χ3v) is 4.42. The summed E-state index contributed by atoms with van der Waals surface area (Å²) in [5, 5.41) is 2.99. The molecule has 1 aliphatic heterocycles. The zero-order valence-electron chi connectivity index (χ0n) is 14.5. The Morgan fingerprint density at radius 1 is 0.958 bits per heavy atom. The molecule has 1 fully saturated rings. The standard InChI is InChI=1S/C20H25N3O/c1-16-5-3-7-18(13-16)15-22-9-11-23(12-10-22)20(24)21-19-8-4-6-17(2)14-19/h3-8,13-14H,9-12,15H2,1-2H3,(H,21,24). The predicted molar refractivity (Wildman–Crippen MR) is 98.2 cm³/mol. The molecule has 0 aromatic heterocycles. The maximum atomic E-state index is 12.4. The minimum atomic E-state index is -0.00388.